The van der Waals surface area contributed by atoms with E-state index in [1.165, 1.54) is 0 Å². The Morgan fingerprint density at radius 2 is 1.82 bits per heavy atom. The van der Waals surface area contributed by atoms with Gasteiger partial charge in [-0.05, 0) is 35.8 Å². The van der Waals surface area contributed by atoms with Crippen LogP contribution in [0.5, 0.6) is 0 Å². The van der Waals surface area contributed by atoms with Gasteiger partial charge in [-0.3, -0.25) is 4.79 Å². The fraction of sp³-hybridized carbons (Fsp3) is 0.385. The van der Waals surface area contributed by atoms with Crippen molar-refractivity contribution in [2.75, 3.05) is 11.5 Å². The van der Waals surface area contributed by atoms with Gasteiger partial charge in [0.1, 0.15) is 0 Å². The molecule has 0 radical (unpaired) electrons. The van der Waals surface area contributed by atoms with Crippen LogP contribution in [0.2, 0.25) is 0 Å². The Labute approximate surface area is 104 Å². The van der Waals surface area contributed by atoms with Crippen molar-refractivity contribution >= 4 is 23.5 Å². The Morgan fingerprint density at radius 3 is 2.47 bits per heavy atom. The lowest BCUT2D eigenvalue weighted by Crippen LogP contribution is -2.18. The standard InChI is InChI=1S/C13H14O3S/c14-12(13(15)16)11-4-2-1-3-10(11)9-5-7-17-8-6-9/h1-4,9H,5-8H2,(H,15,16). The van der Waals surface area contributed by atoms with Crippen molar-refractivity contribution in [1.29, 1.82) is 0 Å². The van der Waals surface area contributed by atoms with Crippen molar-refractivity contribution < 1.29 is 14.7 Å². The minimum Gasteiger partial charge on any atom is -0.475 e. The molecule has 0 aromatic heterocycles. The molecule has 0 spiro atoms. The lowest BCUT2D eigenvalue weighted by Gasteiger charge is -2.23. The number of rotatable bonds is 3. The van der Waals surface area contributed by atoms with E-state index < -0.39 is 11.8 Å². The summed E-state index contributed by atoms with van der Waals surface area (Å²) in [7, 11) is 0. The van der Waals surface area contributed by atoms with E-state index in [-0.39, 0.29) is 0 Å². The predicted molar refractivity (Wildman–Crippen MR) is 67.7 cm³/mol. The number of hydrogen-bond acceptors (Lipinski definition) is 3. The Bertz CT molecular complexity index is 436. The maximum absolute atomic E-state index is 11.6. The molecule has 0 unspecified atom stereocenters. The highest BCUT2D eigenvalue weighted by molar-refractivity contribution is 7.99. The minimum absolute atomic E-state index is 0.329. The third kappa shape index (κ3) is 2.69. The zero-order valence-electron chi connectivity index (χ0n) is 9.39. The van der Waals surface area contributed by atoms with Crippen LogP contribution < -0.4 is 0 Å². The topological polar surface area (TPSA) is 54.4 Å². The molecule has 1 heterocycles. The second-order valence-corrected chi connectivity index (χ2v) is 5.33. The average Bonchev–Trinajstić information content (AvgIpc) is 2.39. The van der Waals surface area contributed by atoms with Crippen LogP contribution in [0.3, 0.4) is 0 Å². The zero-order chi connectivity index (χ0) is 12.3. The molecule has 0 saturated carbocycles. The smallest absolute Gasteiger partial charge is 0.377 e. The van der Waals surface area contributed by atoms with Crippen LogP contribution in [-0.2, 0) is 4.79 Å². The lowest BCUT2D eigenvalue weighted by atomic mass is 9.88. The Kier molecular flexibility index (Phi) is 3.84. The number of benzene rings is 1. The molecule has 3 nitrogen and oxygen atoms in total. The molecule has 1 aromatic carbocycles. The molecule has 0 amide bonds. The molecular weight excluding hydrogens is 236 g/mol. The van der Waals surface area contributed by atoms with Gasteiger partial charge in [-0.1, -0.05) is 24.3 Å². The summed E-state index contributed by atoms with van der Waals surface area (Å²) in [6.07, 6.45) is 2.04. The van der Waals surface area contributed by atoms with Crippen molar-refractivity contribution in [2.24, 2.45) is 0 Å². The monoisotopic (exact) mass is 250 g/mol. The molecule has 1 fully saturated rings. The van der Waals surface area contributed by atoms with Gasteiger partial charge in [-0.15, -0.1) is 0 Å². The number of carboxylic acids is 1. The van der Waals surface area contributed by atoms with Crippen LogP contribution in [0.1, 0.15) is 34.7 Å². The van der Waals surface area contributed by atoms with Crippen molar-refractivity contribution in [3.8, 4) is 0 Å². The number of hydrogen-bond donors (Lipinski definition) is 1. The Morgan fingerprint density at radius 1 is 1.18 bits per heavy atom. The number of carboxylic acid groups (broad SMARTS) is 1. The van der Waals surface area contributed by atoms with E-state index in [1.807, 2.05) is 23.9 Å². The SMILES string of the molecule is O=C(O)C(=O)c1ccccc1C1CCSCC1. The second-order valence-electron chi connectivity index (χ2n) is 4.11. The highest BCUT2D eigenvalue weighted by atomic mass is 32.2. The Hall–Kier alpha value is -1.29. The zero-order valence-corrected chi connectivity index (χ0v) is 10.2. The van der Waals surface area contributed by atoms with Gasteiger partial charge in [0.25, 0.3) is 5.78 Å². The summed E-state index contributed by atoms with van der Waals surface area (Å²) in [6, 6.07) is 7.09. The molecule has 0 bridgehead atoms. The molecule has 1 N–H and O–H groups in total. The lowest BCUT2D eigenvalue weighted by molar-refractivity contribution is -0.131. The summed E-state index contributed by atoms with van der Waals surface area (Å²) in [4.78, 5) is 22.4. The van der Waals surface area contributed by atoms with Gasteiger partial charge in [0.05, 0.1) is 0 Å². The summed E-state index contributed by atoms with van der Waals surface area (Å²) >= 11 is 1.91. The minimum atomic E-state index is -1.37. The van der Waals surface area contributed by atoms with Crippen molar-refractivity contribution in [2.45, 2.75) is 18.8 Å². The summed E-state index contributed by atoms with van der Waals surface area (Å²) in [5, 5.41) is 8.80. The van der Waals surface area contributed by atoms with E-state index in [4.69, 9.17) is 5.11 Å². The first-order chi connectivity index (χ1) is 8.20. The first-order valence-corrected chi connectivity index (χ1v) is 6.80. The van der Waals surface area contributed by atoms with Gasteiger partial charge >= 0.3 is 5.97 Å². The molecule has 1 aromatic rings. The van der Waals surface area contributed by atoms with E-state index in [2.05, 4.69) is 0 Å². The first-order valence-electron chi connectivity index (χ1n) is 5.64. The summed E-state index contributed by atoms with van der Waals surface area (Å²) in [5.74, 6) is 0.331. The maximum Gasteiger partial charge on any atom is 0.377 e. The molecule has 4 heteroatoms. The highest BCUT2D eigenvalue weighted by Gasteiger charge is 2.24. The number of carbonyl (C=O) groups excluding carboxylic acids is 1. The third-order valence-corrected chi connectivity index (χ3v) is 4.11. The number of carbonyl (C=O) groups is 2. The van der Waals surface area contributed by atoms with E-state index in [0.717, 1.165) is 29.9 Å². The van der Waals surface area contributed by atoms with Gasteiger partial charge in [-0.25, -0.2) is 4.79 Å². The number of aliphatic carboxylic acids is 1. The van der Waals surface area contributed by atoms with E-state index in [9.17, 15) is 9.59 Å². The van der Waals surface area contributed by atoms with Gasteiger partial charge in [0.2, 0.25) is 0 Å². The highest BCUT2D eigenvalue weighted by Crippen LogP contribution is 2.33. The molecule has 1 aliphatic rings. The number of Topliss-reactive ketones (excluding diaryl/α,β-unsaturated/α-hetero) is 1. The van der Waals surface area contributed by atoms with Crippen molar-refractivity contribution in [3.63, 3.8) is 0 Å². The fourth-order valence-electron chi connectivity index (χ4n) is 2.18. The first kappa shape index (κ1) is 12.2. The average molecular weight is 250 g/mol. The van der Waals surface area contributed by atoms with E-state index in [1.54, 1.807) is 12.1 Å². The van der Waals surface area contributed by atoms with Crippen LogP contribution in [0, 0.1) is 0 Å². The van der Waals surface area contributed by atoms with Crippen molar-refractivity contribution in [3.05, 3.63) is 35.4 Å². The molecular formula is C13H14O3S. The molecule has 17 heavy (non-hydrogen) atoms. The van der Waals surface area contributed by atoms with Crippen LogP contribution >= 0.6 is 11.8 Å². The quantitative estimate of drug-likeness (QED) is 0.661. The van der Waals surface area contributed by atoms with Crippen LogP contribution in [0.15, 0.2) is 24.3 Å². The summed E-state index contributed by atoms with van der Waals surface area (Å²) < 4.78 is 0. The molecule has 0 atom stereocenters. The second kappa shape index (κ2) is 5.36. The van der Waals surface area contributed by atoms with Crippen LogP contribution in [-0.4, -0.2) is 28.4 Å². The largest absolute Gasteiger partial charge is 0.475 e. The Balaban J connectivity index is 2.32. The van der Waals surface area contributed by atoms with Gasteiger partial charge < -0.3 is 5.11 Å². The maximum atomic E-state index is 11.6. The van der Waals surface area contributed by atoms with Crippen LogP contribution in [0.4, 0.5) is 0 Å². The normalized spacial score (nSPS) is 16.7. The van der Waals surface area contributed by atoms with Gasteiger partial charge in [0.15, 0.2) is 0 Å². The number of thioether (sulfide) groups is 1. The fourth-order valence-corrected chi connectivity index (χ4v) is 3.29. The molecule has 1 saturated heterocycles. The van der Waals surface area contributed by atoms with E-state index >= 15 is 0 Å². The van der Waals surface area contributed by atoms with E-state index in [0.29, 0.717) is 11.5 Å². The third-order valence-electron chi connectivity index (χ3n) is 3.06. The van der Waals surface area contributed by atoms with Gasteiger partial charge in [-0.2, -0.15) is 11.8 Å². The van der Waals surface area contributed by atoms with Crippen LogP contribution in [0.25, 0.3) is 0 Å². The predicted octanol–water partition coefficient (Wildman–Crippen LogP) is 2.56. The molecule has 90 valence electrons. The van der Waals surface area contributed by atoms with Gasteiger partial charge in [0, 0.05) is 5.56 Å². The molecule has 2 rings (SSSR count). The molecule has 1 aliphatic heterocycles. The number of ketones is 1. The summed E-state index contributed by atoms with van der Waals surface area (Å²) in [5.41, 5.74) is 1.26. The van der Waals surface area contributed by atoms with Crippen molar-refractivity contribution in [1.82, 2.24) is 0 Å². The summed E-state index contributed by atoms with van der Waals surface area (Å²) in [6.45, 7) is 0. The molecule has 0 aliphatic carbocycles.